The van der Waals surface area contributed by atoms with Crippen LogP contribution in [0, 0.1) is 0 Å². The summed E-state index contributed by atoms with van der Waals surface area (Å²) in [5.41, 5.74) is 7.55. The summed E-state index contributed by atoms with van der Waals surface area (Å²) < 4.78 is 10.9. The lowest BCUT2D eigenvalue weighted by Gasteiger charge is -2.37. The van der Waals surface area contributed by atoms with Gasteiger partial charge in [-0.15, -0.1) is 0 Å². The topological polar surface area (TPSA) is 68.0 Å². The minimum atomic E-state index is -0.112. The zero-order chi connectivity index (χ0) is 15.4. The van der Waals surface area contributed by atoms with Crippen LogP contribution in [0.25, 0.3) is 0 Å². The number of thiocarbonyl (C=S) groups is 1. The van der Waals surface area contributed by atoms with Crippen LogP contribution in [-0.4, -0.2) is 54.0 Å². The lowest BCUT2D eigenvalue weighted by molar-refractivity contribution is -0.0805. The van der Waals surface area contributed by atoms with Crippen LogP contribution in [0.5, 0.6) is 5.75 Å². The van der Waals surface area contributed by atoms with E-state index in [1.807, 2.05) is 18.2 Å². The van der Waals surface area contributed by atoms with Gasteiger partial charge in [-0.05, 0) is 24.6 Å². The molecular formula is C15H22N2O3S. The minimum Gasteiger partial charge on any atom is -0.496 e. The molecule has 0 bridgehead atoms. The van der Waals surface area contributed by atoms with E-state index in [0.717, 1.165) is 24.2 Å². The van der Waals surface area contributed by atoms with Crippen molar-refractivity contribution in [1.82, 2.24) is 4.90 Å². The van der Waals surface area contributed by atoms with E-state index in [0.29, 0.717) is 23.4 Å². The predicted molar refractivity (Wildman–Crippen MR) is 85.6 cm³/mol. The molecule has 6 heteroatoms. The van der Waals surface area contributed by atoms with E-state index in [9.17, 15) is 5.11 Å². The van der Waals surface area contributed by atoms with Crippen LogP contribution in [0.2, 0.25) is 0 Å². The van der Waals surface area contributed by atoms with E-state index in [1.165, 1.54) is 0 Å². The van der Waals surface area contributed by atoms with E-state index in [2.05, 4.69) is 11.8 Å². The van der Waals surface area contributed by atoms with Crippen molar-refractivity contribution in [2.75, 3.05) is 26.9 Å². The molecule has 1 fully saturated rings. The Kier molecular flexibility index (Phi) is 5.52. The van der Waals surface area contributed by atoms with Gasteiger partial charge in [0.1, 0.15) is 10.7 Å². The third-order valence-electron chi connectivity index (χ3n) is 3.76. The third kappa shape index (κ3) is 3.91. The molecule has 116 valence electrons. The summed E-state index contributed by atoms with van der Waals surface area (Å²) >= 11 is 5.01. The SMILES string of the molecule is COc1cc(CN2CC(CO)OCC2C)ccc1C(N)=S. The normalized spacial score (nSPS) is 23.0. The van der Waals surface area contributed by atoms with Crippen molar-refractivity contribution in [3.05, 3.63) is 29.3 Å². The van der Waals surface area contributed by atoms with Gasteiger partial charge in [0.25, 0.3) is 0 Å². The Balaban J connectivity index is 2.13. The fourth-order valence-corrected chi connectivity index (χ4v) is 2.65. The molecule has 0 saturated carbocycles. The van der Waals surface area contributed by atoms with Crippen molar-refractivity contribution in [2.24, 2.45) is 5.73 Å². The molecule has 1 heterocycles. The predicted octanol–water partition coefficient (Wildman–Crippen LogP) is 0.911. The highest BCUT2D eigenvalue weighted by Gasteiger charge is 2.25. The van der Waals surface area contributed by atoms with Crippen molar-refractivity contribution in [2.45, 2.75) is 25.6 Å². The van der Waals surface area contributed by atoms with E-state index in [-0.39, 0.29) is 12.7 Å². The largest absolute Gasteiger partial charge is 0.496 e. The van der Waals surface area contributed by atoms with Gasteiger partial charge < -0.3 is 20.3 Å². The molecule has 0 spiro atoms. The highest BCUT2D eigenvalue weighted by molar-refractivity contribution is 7.80. The van der Waals surface area contributed by atoms with Gasteiger partial charge in [-0.1, -0.05) is 18.3 Å². The Labute approximate surface area is 130 Å². The number of methoxy groups -OCH3 is 1. The van der Waals surface area contributed by atoms with Crippen LogP contribution >= 0.6 is 12.2 Å². The number of hydrogen-bond donors (Lipinski definition) is 2. The molecule has 5 nitrogen and oxygen atoms in total. The van der Waals surface area contributed by atoms with Crippen LogP contribution < -0.4 is 10.5 Å². The monoisotopic (exact) mass is 310 g/mol. The average molecular weight is 310 g/mol. The summed E-state index contributed by atoms with van der Waals surface area (Å²) in [4.78, 5) is 2.62. The summed E-state index contributed by atoms with van der Waals surface area (Å²) in [6.45, 7) is 4.29. The Morgan fingerprint density at radius 3 is 2.95 bits per heavy atom. The number of benzene rings is 1. The molecule has 0 radical (unpaired) electrons. The maximum absolute atomic E-state index is 9.24. The number of aliphatic hydroxyl groups is 1. The Morgan fingerprint density at radius 2 is 2.33 bits per heavy atom. The molecule has 1 aromatic rings. The maximum atomic E-state index is 9.24. The number of morpholine rings is 1. The molecule has 2 atom stereocenters. The smallest absolute Gasteiger partial charge is 0.129 e. The van der Waals surface area contributed by atoms with Gasteiger partial charge in [-0.25, -0.2) is 0 Å². The number of ether oxygens (including phenoxy) is 2. The highest BCUT2D eigenvalue weighted by atomic mass is 32.1. The number of nitrogens with two attached hydrogens (primary N) is 1. The van der Waals surface area contributed by atoms with Crippen LogP contribution in [0.1, 0.15) is 18.1 Å². The van der Waals surface area contributed by atoms with Crippen LogP contribution in [0.15, 0.2) is 18.2 Å². The second-order valence-electron chi connectivity index (χ2n) is 5.32. The van der Waals surface area contributed by atoms with E-state index < -0.39 is 0 Å². The van der Waals surface area contributed by atoms with Gasteiger partial charge >= 0.3 is 0 Å². The Hall–Kier alpha value is -1.21. The Morgan fingerprint density at radius 1 is 1.57 bits per heavy atom. The molecule has 0 aromatic heterocycles. The molecule has 1 aliphatic heterocycles. The van der Waals surface area contributed by atoms with Crippen molar-refractivity contribution in [3.63, 3.8) is 0 Å². The van der Waals surface area contributed by atoms with Gasteiger partial charge in [0.05, 0.1) is 32.0 Å². The minimum absolute atomic E-state index is 0.0485. The molecular weight excluding hydrogens is 288 g/mol. The van der Waals surface area contributed by atoms with E-state index in [4.69, 9.17) is 27.4 Å². The quantitative estimate of drug-likeness (QED) is 0.788. The van der Waals surface area contributed by atoms with E-state index in [1.54, 1.807) is 7.11 Å². The zero-order valence-corrected chi connectivity index (χ0v) is 13.2. The number of rotatable bonds is 5. The third-order valence-corrected chi connectivity index (χ3v) is 3.98. The second-order valence-corrected chi connectivity index (χ2v) is 5.76. The van der Waals surface area contributed by atoms with Crippen LogP contribution in [-0.2, 0) is 11.3 Å². The maximum Gasteiger partial charge on any atom is 0.129 e. The van der Waals surface area contributed by atoms with Crippen LogP contribution in [0.3, 0.4) is 0 Å². The summed E-state index contributed by atoms with van der Waals surface area (Å²) in [6, 6.07) is 6.18. The Bertz CT molecular complexity index is 510. The molecule has 3 N–H and O–H groups in total. The molecule has 2 rings (SSSR count). The standard InChI is InChI=1S/C15H22N2O3S/c1-10-9-20-12(8-18)7-17(10)6-11-3-4-13(15(16)21)14(5-11)19-2/h3-5,10,12,18H,6-9H2,1-2H3,(H2,16,21). The fourth-order valence-electron chi connectivity index (χ4n) is 2.48. The molecule has 1 aliphatic rings. The van der Waals surface area contributed by atoms with Gasteiger partial charge in [0.15, 0.2) is 0 Å². The summed E-state index contributed by atoms with van der Waals surface area (Å²) in [5, 5.41) is 9.24. The molecule has 1 aromatic carbocycles. The molecule has 1 saturated heterocycles. The summed E-state index contributed by atoms with van der Waals surface area (Å²) in [6.07, 6.45) is -0.112. The number of nitrogens with zero attached hydrogens (tertiary/aromatic N) is 1. The number of aliphatic hydroxyl groups excluding tert-OH is 1. The summed E-state index contributed by atoms with van der Waals surface area (Å²) in [7, 11) is 1.61. The van der Waals surface area contributed by atoms with Gasteiger partial charge in [0, 0.05) is 19.1 Å². The first-order chi connectivity index (χ1) is 10.0. The van der Waals surface area contributed by atoms with Crippen molar-refractivity contribution < 1.29 is 14.6 Å². The first-order valence-corrected chi connectivity index (χ1v) is 7.39. The van der Waals surface area contributed by atoms with Crippen molar-refractivity contribution in [1.29, 1.82) is 0 Å². The summed E-state index contributed by atoms with van der Waals surface area (Å²) in [5.74, 6) is 0.694. The number of hydrogen-bond acceptors (Lipinski definition) is 5. The van der Waals surface area contributed by atoms with Gasteiger partial charge in [-0.3, -0.25) is 4.90 Å². The first kappa shape index (κ1) is 16.2. The highest BCUT2D eigenvalue weighted by Crippen LogP contribution is 2.22. The second kappa shape index (κ2) is 7.17. The van der Waals surface area contributed by atoms with E-state index >= 15 is 0 Å². The lowest BCUT2D eigenvalue weighted by atomic mass is 10.1. The van der Waals surface area contributed by atoms with Crippen LogP contribution in [0.4, 0.5) is 0 Å². The lowest BCUT2D eigenvalue weighted by Crippen LogP contribution is -2.48. The fraction of sp³-hybridized carbons (Fsp3) is 0.533. The van der Waals surface area contributed by atoms with Crippen molar-refractivity contribution in [3.8, 4) is 5.75 Å². The molecule has 0 amide bonds. The van der Waals surface area contributed by atoms with Gasteiger partial charge in [-0.2, -0.15) is 0 Å². The molecule has 2 unspecified atom stereocenters. The molecule has 0 aliphatic carbocycles. The van der Waals surface area contributed by atoms with Gasteiger partial charge in [0.2, 0.25) is 0 Å². The average Bonchev–Trinajstić information content (AvgIpc) is 2.49. The van der Waals surface area contributed by atoms with Crippen molar-refractivity contribution >= 4 is 17.2 Å². The molecule has 21 heavy (non-hydrogen) atoms. The first-order valence-electron chi connectivity index (χ1n) is 6.98. The zero-order valence-electron chi connectivity index (χ0n) is 12.4.